The van der Waals surface area contributed by atoms with E-state index in [1.165, 1.54) is 12.1 Å². The van der Waals surface area contributed by atoms with Crippen LogP contribution in [0.1, 0.15) is 19.4 Å². The first-order valence-corrected chi connectivity index (χ1v) is 7.26. The summed E-state index contributed by atoms with van der Waals surface area (Å²) in [6.45, 7) is 4.90. The van der Waals surface area contributed by atoms with E-state index in [2.05, 4.69) is 0 Å². The van der Waals surface area contributed by atoms with Crippen LogP contribution in [0.3, 0.4) is 0 Å². The molecule has 1 aromatic carbocycles. The fraction of sp³-hybridized carbons (Fsp3) is 0.500. The molecule has 0 spiro atoms. The molecule has 0 radical (unpaired) electrons. The van der Waals surface area contributed by atoms with Crippen molar-refractivity contribution in [3.8, 4) is 0 Å². The number of rotatable bonds is 7. The highest BCUT2D eigenvalue weighted by atomic mass is 32.2. The number of carbonyl (C=O) groups is 1. The van der Waals surface area contributed by atoms with Crippen molar-refractivity contribution in [2.45, 2.75) is 30.8 Å². The second-order valence-electron chi connectivity index (χ2n) is 5.15. The Morgan fingerprint density at radius 1 is 1.29 bits per heavy atom. The summed E-state index contributed by atoms with van der Waals surface area (Å²) >= 11 is -0.158. The van der Waals surface area contributed by atoms with E-state index >= 15 is 0 Å². The molecular weight excluding hydrogens is 303 g/mol. The van der Waals surface area contributed by atoms with E-state index in [1.54, 1.807) is 17.0 Å². The molecule has 0 unspecified atom stereocenters. The van der Waals surface area contributed by atoms with E-state index in [-0.39, 0.29) is 23.2 Å². The second kappa shape index (κ2) is 7.70. The van der Waals surface area contributed by atoms with Gasteiger partial charge in [-0.3, -0.25) is 9.69 Å². The standard InChI is InChI=1S/C14H18F3NO2S/c1-10(2)7-18(9-13(19)20)8-11-3-5-12(6-4-11)21-14(15,16)17/h3-6,10H,7-9H2,1-2H3,(H,19,20). The molecule has 3 nitrogen and oxygen atoms in total. The lowest BCUT2D eigenvalue weighted by molar-refractivity contribution is -0.138. The quantitative estimate of drug-likeness (QED) is 0.775. The molecule has 0 atom stereocenters. The van der Waals surface area contributed by atoms with Gasteiger partial charge in [0.05, 0.1) is 6.54 Å². The third-order valence-corrected chi connectivity index (χ3v) is 3.28. The van der Waals surface area contributed by atoms with Crippen LogP contribution in [-0.4, -0.2) is 34.6 Å². The van der Waals surface area contributed by atoms with Gasteiger partial charge < -0.3 is 5.11 Å². The number of halogens is 3. The summed E-state index contributed by atoms with van der Waals surface area (Å²) in [7, 11) is 0. The summed E-state index contributed by atoms with van der Waals surface area (Å²) < 4.78 is 36.7. The SMILES string of the molecule is CC(C)CN(CC(=O)O)Cc1ccc(SC(F)(F)F)cc1. The lowest BCUT2D eigenvalue weighted by Crippen LogP contribution is -2.32. The Morgan fingerprint density at radius 3 is 2.29 bits per heavy atom. The van der Waals surface area contributed by atoms with Crippen molar-refractivity contribution in [3.05, 3.63) is 29.8 Å². The van der Waals surface area contributed by atoms with Crippen molar-refractivity contribution in [2.24, 2.45) is 5.92 Å². The summed E-state index contributed by atoms with van der Waals surface area (Å²) in [5.74, 6) is -0.607. The minimum absolute atomic E-state index is 0.0861. The van der Waals surface area contributed by atoms with E-state index in [9.17, 15) is 18.0 Å². The average molecular weight is 321 g/mol. The van der Waals surface area contributed by atoms with Gasteiger partial charge in [0, 0.05) is 18.0 Å². The van der Waals surface area contributed by atoms with Crippen LogP contribution >= 0.6 is 11.8 Å². The first kappa shape index (κ1) is 17.8. The number of thioether (sulfide) groups is 1. The molecule has 0 amide bonds. The number of carboxylic acid groups (broad SMARTS) is 1. The molecular formula is C14H18F3NO2S. The number of hydrogen-bond acceptors (Lipinski definition) is 3. The topological polar surface area (TPSA) is 40.5 Å². The fourth-order valence-corrected chi connectivity index (χ4v) is 2.49. The Morgan fingerprint density at radius 2 is 1.86 bits per heavy atom. The Balaban J connectivity index is 2.69. The smallest absolute Gasteiger partial charge is 0.446 e. The van der Waals surface area contributed by atoms with Gasteiger partial charge >= 0.3 is 11.5 Å². The maximum atomic E-state index is 12.2. The van der Waals surface area contributed by atoms with Crippen molar-refractivity contribution in [1.29, 1.82) is 0 Å². The molecule has 7 heteroatoms. The molecule has 118 valence electrons. The van der Waals surface area contributed by atoms with Gasteiger partial charge in [0.15, 0.2) is 0 Å². The minimum Gasteiger partial charge on any atom is -0.480 e. The van der Waals surface area contributed by atoms with E-state index in [4.69, 9.17) is 5.11 Å². The Labute approximate surface area is 126 Å². The molecule has 1 N–H and O–H groups in total. The highest BCUT2D eigenvalue weighted by Gasteiger charge is 2.29. The van der Waals surface area contributed by atoms with Crippen LogP contribution in [0.25, 0.3) is 0 Å². The van der Waals surface area contributed by atoms with Gasteiger partial charge in [-0.15, -0.1) is 0 Å². The van der Waals surface area contributed by atoms with Crippen LogP contribution in [-0.2, 0) is 11.3 Å². The first-order chi connectivity index (χ1) is 9.65. The zero-order chi connectivity index (χ0) is 16.0. The summed E-state index contributed by atoms with van der Waals surface area (Å²) in [4.78, 5) is 12.7. The van der Waals surface area contributed by atoms with Gasteiger partial charge in [0.1, 0.15) is 0 Å². The predicted octanol–water partition coefficient (Wildman–Crippen LogP) is 3.84. The third kappa shape index (κ3) is 7.96. The molecule has 0 aliphatic carbocycles. The summed E-state index contributed by atoms with van der Waals surface area (Å²) in [5.41, 5.74) is -3.50. The van der Waals surface area contributed by atoms with Crippen molar-refractivity contribution >= 4 is 17.7 Å². The maximum absolute atomic E-state index is 12.2. The Hall–Kier alpha value is -1.21. The molecule has 21 heavy (non-hydrogen) atoms. The number of alkyl halides is 3. The summed E-state index contributed by atoms with van der Waals surface area (Å²) in [6.07, 6.45) is 0. The summed E-state index contributed by atoms with van der Waals surface area (Å²) in [5, 5.41) is 8.88. The molecule has 0 aliphatic rings. The maximum Gasteiger partial charge on any atom is 0.446 e. The number of nitrogens with zero attached hydrogens (tertiary/aromatic N) is 1. The molecule has 0 saturated carbocycles. The van der Waals surface area contributed by atoms with Crippen molar-refractivity contribution < 1.29 is 23.1 Å². The Bertz CT molecular complexity index is 460. The zero-order valence-electron chi connectivity index (χ0n) is 11.9. The minimum atomic E-state index is -4.30. The van der Waals surface area contributed by atoms with Crippen LogP contribution in [0.2, 0.25) is 0 Å². The number of benzene rings is 1. The number of hydrogen-bond donors (Lipinski definition) is 1. The van der Waals surface area contributed by atoms with E-state index in [0.29, 0.717) is 19.0 Å². The summed E-state index contributed by atoms with van der Waals surface area (Å²) in [6, 6.07) is 6.01. The van der Waals surface area contributed by atoms with Gasteiger partial charge in [-0.25, -0.2) is 0 Å². The number of carboxylic acids is 1. The van der Waals surface area contributed by atoms with Crippen LogP contribution in [0, 0.1) is 5.92 Å². The Kier molecular flexibility index (Phi) is 6.54. The first-order valence-electron chi connectivity index (χ1n) is 6.44. The van der Waals surface area contributed by atoms with Crippen LogP contribution in [0.15, 0.2) is 29.2 Å². The molecule has 0 heterocycles. The third-order valence-electron chi connectivity index (χ3n) is 2.55. The lowest BCUT2D eigenvalue weighted by atomic mass is 10.1. The zero-order valence-corrected chi connectivity index (χ0v) is 12.7. The van der Waals surface area contributed by atoms with E-state index in [1.807, 2.05) is 13.8 Å². The monoisotopic (exact) mass is 321 g/mol. The molecule has 0 fully saturated rings. The van der Waals surface area contributed by atoms with Gasteiger partial charge in [0.25, 0.3) is 0 Å². The molecule has 0 saturated heterocycles. The second-order valence-corrected chi connectivity index (χ2v) is 6.29. The molecule has 1 aromatic rings. The highest BCUT2D eigenvalue weighted by Crippen LogP contribution is 2.36. The predicted molar refractivity (Wildman–Crippen MR) is 76.1 cm³/mol. The van der Waals surface area contributed by atoms with Gasteiger partial charge in [-0.1, -0.05) is 26.0 Å². The van der Waals surface area contributed by atoms with Crippen molar-refractivity contribution in [1.82, 2.24) is 4.90 Å². The molecule has 0 aliphatic heterocycles. The van der Waals surface area contributed by atoms with Crippen LogP contribution < -0.4 is 0 Å². The molecule has 0 bridgehead atoms. The molecule has 1 rings (SSSR count). The van der Waals surface area contributed by atoms with Crippen LogP contribution in [0.5, 0.6) is 0 Å². The molecule has 0 aromatic heterocycles. The average Bonchev–Trinajstić information content (AvgIpc) is 2.28. The lowest BCUT2D eigenvalue weighted by Gasteiger charge is -2.22. The van der Waals surface area contributed by atoms with Crippen LogP contribution in [0.4, 0.5) is 13.2 Å². The van der Waals surface area contributed by atoms with Crippen molar-refractivity contribution in [3.63, 3.8) is 0 Å². The van der Waals surface area contributed by atoms with E-state index in [0.717, 1.165) is 5.56 Å². The highest BCUT2D eigenvalue weighted by molar-refractivity contribution is 8.00. The van der Waals surface area contributed by atoms with E-state index < -0.39 is 11.5 Å². The van der Waals surface area contributed by atoms with Crippen molar-refractivity contribution in [2.75, 3.05) is 13.1 Å². The number of aliphatic carboxylic acids is 1. The largest absolute Gasteiger partial charge is 0.480 e. The van der Waals surface area contributed by atoms with Gasteiger partial charge in [0.2, 0.25) is 0 Å². The van der Waals surface area contributed by atoms with Gasteiger partial charge in [-0.2, -0.15) is 13.2 Å². The normalized spacial score (nSPS) is 12.1. The van der Waals surface area contributed by atoms with Gasteiger partial charge in [-0.05, 0) is 35.4 Å². The fourth-order valence-electron chi connectivity index (χ4n) is 1.95.